The second-order valence-electron chi connectivity index (χ2n) is 7.61. The minimum absolute atomic E-state index is 0.220. The molecule has 1 aromatic heterocycles. The average Bonchev–Trinajstić information content (AvgIpc) is 3.11. The molecule has 1 aromatic carbocycles. The van der Waals surface area contributed by atoms with E-state index < -0.39 is 0 Å². The van der Waals surface area contributed by atoms with Gasteiger partial charge >= 0.3 is 6.03 Å². The molecular weight excluding hydrogens is 394 g/mol. The lowest BCUT2D eigenvalue weighted by atomic mass is 10.1. The van der Waals surface area contributed by atoms with E-state index in [4.69, 9.17) is 5.84 Å². The van der Waals surface area contributed by atoms with Gasteiger partial charge in [-0.25, -0.2) is 15.6 Å². The number of hydrazine groups is 1. The summed E-state index contributed by atoms with van der Waals surface area (Å²) < 4.78 is 0. The SMILES string of the molecule is Cc1cnc(N2C=CN(C(=O)c3ccc(N4CCN(N)C4=O)cc3C#N)CC2)c(C)c1. The Bertz CT molecular complexity index is 1120. The van der Waals surface area contributed by atoms with Crippen LogP contribution in [-0.4, -0.2) is 53.0 Å². The Balaban J connectivity index is 1.53. The Kier molecular flexibility index (Phi) is 5.31. The summed E-state index contributed by atoms with van der Waals surface area (Å²) in [5.74, 6) is 6.22. The number of hydrogen-bond donors (Lipinski definition) is 1. The first-order valence-corrected chi connectivity index (χ1v) is 9.96. The number of carbonyl (C=O) groups excluding carboxylic acids is 2. The topological polar surface area (TPSA) is 110 Å². The molecule has 158 valence electrons. The lowest BCUT2D eigenvalue weighted by molar-refractivity contribution is 0.0820. The van der Waals surface area contributed by atoms with Crippen molar-refractivity contribution < 1.29 is 9.59 Å². The van der Waals surface area contributed by atoms with Crippen molar-refractivity contribution in [3.8, 4) is 6.07 Å². The molecule has 1 saturated heterocycles. The largest absolute Gasteiger partial charge is 0.338 e. The molecule has 2 aliphatic rings. The molecule has 0 bridgehead atoms. The van der Waals surface area contributed by atoms with Crippen LogP contribution in [-0.2, 0) is 0 Å². The molecule has 3 amide bonds. The van der Waals surface area contributed by atoms with Crippen molar-refractivity contribution >= 4 is 23.4 Å². The summed E-state index contributed by atoms with van der Waals surface area (Å²) in [7, 11) is 0. The number of aryl methyl sites for hydroxylation is 2. The van der Waals surface area contributed by atoms with Gasteiger partial charge in [0.2, 0.25) is 0 Å². The van der Waals surface area contributed by atoms with Gasteiger partial charge in [0.05, 0.1) is 17.7 Å². The molecule has 9 heteroatoms. The van der Waals surface area contributed by atoms with E-state index in [9.17, 15) is 14.9 Å². The smallest absolute Gasteiger partial charge is 0.330 e. The van der Waals surface area contributed by atoms with Gasteiger partial charge in [0.25, 0.3) is 5.91 Å². The Morgan fingerprint density at radius 2 is 1.94 bits per heavy atom. The second kappa shape index (κ2) is 8.08. The maximum Gasteiger partial charge on any atom is 0.338 e. The highest BCUT2D eigenvalue weighted by molar-refractivity contribution is 5.99. The number of nitriles is 1. The average molecular weight is 417 g/mol. The van der Waals surface area contributed by atoms with E-state index in [-0.39, 0.29) is 17.5 Å². The van der Waals surface area contributed by atoms with E-state index in [1.54, 1.807) is 29.3 Å². The van der Waals surface area contributed by atoms with Crippen LogP contribution in [0.5, 0.6) is 0 Å². The first-order chi connectivity index (χ1) is 14.9. The van der Waals surface area contributed by atoms with Crippen LogP contribution in [0, 0.1) is 25.2 Å². The molecule has 0 unspecified atom stereocenters. The zero-order valence-corrected chi connectivity index (χ0v) is 17.4. The minimum atomic E-state index is -0.331. The molecule has 0 spiro atoms. The van der Waals surface area contributed by atoms with E-state index in [2.05, 4.69) is 17.1 Å². The van der Waals surface area contributed by atoms with Crippen LogP contribution in [0.15, 0.2) is 42.9 Å². The Morgan fingerprint density at radius 3 is 2.55 bits per heavy atom. The molecule has 2 aliphatic heterocycles. The predicted molar refractivity (Wildman–Crippen MR) is 116 cm³/mol. The number of urea groups is 1. The molecule has 31 heavy (non-hydrogen) atoms. The number of pyridine rings is 1. The Morgan fingerprint density at radius 1 is 1.13 bits per heavy atom. The lowest BCUT2D eigenvalue weighted by Gasteiger charge is -2.30. The number of hydrogen-bond acceptors (Lipinski definition) is 6. The number of rotatable bonds is 3. The van der Waals surface area contributed by atoms with Crippen molar-refractivity contribution in [3.05, 3.63) is 65.1 Å². The van der Waals surface area contributed by atoms with Crippen LogP contribution in [0.2, 0.25) is 0 Å². The van der Waals surface area contributed by atoms with Gasteiger partial charge in [0.15, 0.2) is 0 Å². The third-order valence-electron chi connectivity index (χ3n) is 5.44. The van der Waals surface area contributed by atoms with Crippen molar-refractivity contribution in [2.45, 2.75) is 13.8 Å². The normalized spacial score (nSPS) is 16.1. The van der Waals surface area contributed by atoms with E-state index in [0.29, 0.717) is 37.4 Å². The lowest BCUT2D eigenvalue weighted by Crippen LogP contribution is -2.39. The van der Waals surface area contributed by atoms with Crippen LogP contribution < -0.4 is 15.6 Å². The summed E-state index contributed by atoms with van der Waals surface area (Å²) in [5, 5.41) is 10.7. The maximum atomic E-state index is 13.1. The summed E-state index contributed by atoms with van der Waals surface area (Å²) in [6.07, 6.45) is 5.35. The Labute approximate surface area is 180 Å². The zero-order valence-electron chi connectivity index (χ0n) is 17.4. The first kappa shape index (κ1) is 20.4. The van der Waals surface area contributed by atoms with Gasteiger partial charge in [-0.2, -0.15) is 5.26 Å². The standard InChI is InChI=1S/C22H23N7O2/c1-15-11-16(2)20(25-14-15)26-5-7-27(8-6-26)21(30)19-4-3-18(12-17(19)13-23)28-9-10-29(24)22(28)31/h3-5,7,11-12,14H,6,8-10,24H2,1-2H3. The fraction of sp³-hybridized carbons (Fsp3) is 0.273. The monoisotopic (exact) mass is 417 g/mol. The number of amides is 3. The molecule has 0 saturated carbocycles. The molecule has 1 fully saturated rings. The first-order valence-electron chi connectivity index (χ1n) is 9.96. The maximum absolute atomic E-state index is 13.1. The summed E-state index contributed by atoms with van der Waals surface area (Å²) in [5.41, 5.74) is 3.23. The van der Waals surface area contributed by atoms with Gasteiger partial charge in [-0.1, -0.05) is 6.07 Å². The van der Waals surface area contributed by atoms with Crippen molar-refractivity contribution in [1.82, 2.24) is 14.9 Å². The molecule has 0 atom stereocenters. The summed E-state index contributed by atoms with van der Waals surface area (Å²) >= 11 is 0. The van der Waals surface area contributed by atoms with E-state index in [1.165, 1.54) is 4.90 Å². The van der Waals surface area contributed by atoms with Gasteiger partial charge in [-0.3, -0.25) is 14.7 Å². The second-order valence-corrected chi connectivity index (χ2v) is 7.61. The van der Waals surface area contributed by atoms with E-state index in [1.807, 2.05) is 31.1 Å². The predicted octanol–water partition coefficient (Wildman–Crippen LogP) is 2.12. The third-order valence-corrected chi connectivity index (χ3v) is 5.44. The number of anilines is 2. The van der Waals surface area contributed by atoms with Gasteiger partial charge in [-0.05, 0) is 43.2 Å². The van der Waals surface area contributed by atoms with Crippen molar-refractivity contribution in [2.24, 2.45) is 5.84 Å². The summed E-state index contributed by atoms with van der Waals surface area (Å²) in [6.45, 7) is 5.91. The van der Waals surface area contributed by atoms with Crippen LogP contribution >= 0.6 is 0 Å². The molecule has 4 rings (SSSR count). The molecule has 2 aromatic rings. The van der Waals surface area contributed by atoms with Crippen molar-refractivity contribution in [1.29, 1.82) is 5.26 Å². The van der Waals surface area contributed by atoms with Crippen molar-refractivity contribution in [3.63, 3.8) is 0 Å². The fourth-order valence-electron chi connectivity index (χ4n) is 3.81. The summed E-state index contributed by atoms with van der Waals surface area (Å²) in [4.78, 5) is 34.8. The van der Waals surface area contributed by atoms with Gasteiger partial charge in [0, 0.05) is 43.9 Å². The van der Waals surface area contributed by atoms with Crippen LogP contribution in [0.1, 0.15) is 27.0 Å². The van der Waals surface area contributed by atoms with Crippen LogP contribution in [0.25, 0.3) is 0 Å². The van der Waals surface area contributed by atoms with Crippen LogP contribution in [0.4, 0.5) is 16.3 Å². The third kappa shape index (κ3) is 3.81. The molecule has 3 heterocycles. The number of nitrogens with zero attached hydrogens (tertiary/aromatic N) is 6. The number of aromatic nitrogens is 1. The molecule has 2 N–H and O–H groups in total. The Hall–Kier alpha value is -3.90. The molecule has 0 radical (unpaired) electrons. The van der Waals surface area contributed by atoms with E-state index in [0.717, 1.165) is 22.0 Å². The van der Waals surface area contributed by atoms with Gasteiger partial charge < -0.3 is 9.80 Å². The highest BCUT2D eigenvalue weighted by atomic mass is 16.2. The number of benzene rings is 1. The molecule has 0 aliphatic carbocycles. The number of carbonyl (C=O) groups is 2. The fourth-order valence-corrected chi connectivity index (χ4v) is 3.81. The van der Waals surface area contributed by atoms with Gasteiger partial charge in [-0.15, -0.1) is 0 Å². The van der Waals surface area contributed by atoms with Crippen LogP contribution in [0.3, 0.4) is 0 Å². The highest BCUT2D eigenvalue weighted by Gasteiger charge is 2.29. The van der Waals surface area contributed by atoms with Gasteiger partial charge in [0.1, 0.15) is 11.9 Å². The van der Waals surface area contributed by atoms with Crippen molar-refractivity contribution in [2.75, 3.05) is 36.0 Å². The molecule has 9 nitrogen and oxygen atoms in total. The number of nitrogens with two attached hydrogens (primary N) is 1. The van der Waals surface area contributed by atoms with E-state index >= 15 is 0 Å². The minimum Gasteiger partial charge on any atom is -0.330 e. The molecular formula is C22H23N7O2. The highest BCUT2D eigenvalue weighted by Crippen LogP contribution is 2.25. The summed E-state index contributed by atoms with van der Waals surface area (Å²) in [6, 6.07) is 8.64. The zero-order chi connectivity index (χ0) is 22.1. The quantitative estimate of drug-likeness (QED) is 0.605.